The molecule has 2 rings (SSSR count). The molecule has 0 saturated heterocycles. The summed E-state index contributed by atoms with van der Waals surface area (Å²) in [6.45, 7) is 5.57. The van der Waals surface area contributed by atoms with Gasteiger partial charge in [0.1, 0.15) is 5.00 Å². The van der Waals surface area contributed by atoms with E-state index in [1.165, 1.54) is 7.11 Å². The number of nitrogens with two attached hydrogens (primary N) is 1. The molecule has 0 aliphatic rings. The largest absolute Gasteiger partial charge is 0.465 e. The van der Waals surface area contributed by atoms with Crippen molar-refractivity contribution in [2.75, 3.05) is 18.2 Å². The van der Waals surface area contributed by atoms with Crippen LogP contribution in [0.2, 0.25) is 0 Å². The highest BCUT2D eigenvalue weighted by Crippen LogP contribution is 2.32. The average Bonchev–Trinajstić information content (AvgIpc) is 2.77. The van der Waals surface area contributed by atoms with E-state index < -0.39 is 5.97 Å². The summed E-state index contributed by atoms with van der Waals surface area (Å²) in [5.74, 6) is -0.810. The first kappa shape index (κ1) is 16.0. The van der Waals surface area contributed by atoms with Crippen molar-refractivity contribution in [1.29, 1.82) is 0 Å². The number of ether oxygens (including phenoxy) is 1. The number of carbonyl (C=O) groups excluding carboxylic acids is 2. The lowest BCUT2D eigenvalue weighted by Gasteiger charge is -2.09. The number of nitrogens with one attached hydrogen (secondary N) is 1. The molecule has 0 atom stereocenters. The van der Waals surface area contributed by atoms with Crippen LogP contribution in [0.15, 0.2) is 18.2 Å². The van der Waals surface area contributed by atoms with Gasteiger partial charge in [0.25, 0.3) is 5.91 Å². The second kappa shape index (κ2) is 6.19. The molecule has 0 saturated carbocycles. The van der Waals surface area contributed by atoms with Gasteiger partial charge < -0.3 is 15.8 Å². The van der Waals surface area contributed by atoms with Crippen LogP contribution in [0.3, 0.4) is 0 Å². The third-order valence-corrected chi connectivity index (χ3v) is 4.53. The third kappa shape index (κ3) is 2.96. The topological polar surface area (TPSA) is 81.4 Å². The van der Waals surface area contributed by atoms with Gasteiger partial charge in [-0.05, 0) is 43.5 Å². The number of anilines is 2. The van der Waals surface area contributed by atoms with Crippen molar-refractivity contribution in [2.45, 2.75) is 20.8 Å². The standard InChI is InChI=1S/C16H18N2O3S/c1-8-5-6-9(2)11(7-8)18-15(19)13-10(3)12(14(17)22-13)16(20)21-4/h5-7H,17H2,1-4H3,(H,18,19). The molecule has 3 N–H and O–H groups in total. The summed E-state index contributed by atoms with van der Waals surface area (Å²) in [6, 6.07) is 5.83. The van der Waals surface area contributed by atoms with E-state index in [9.17, 15) is 9.59 Å². The Kier molecular flexibility index (Phi) is 4.51. The van der Waals surface area contributed by atoms with Gasteiger partial charge >= 0.3 is 5.97 Å². The number of aryl methyl sites for hydroxylation is 2. The van der Waals surface area contributed by atoms with Crippen molar-refractivity contribution >= 4 is 33.9 Å². The fraction of sp³-hybridized carbons (Fsp3) is 0.250. The smallest absolute Gasteiger partial charge is 0.341 e. The van der Waals surface area contributed by atoms with Crippen molar-refractivity contribution in [3.05, 3.63) is 45.3 Å². The number of thiophene rings is 1. The van der Waals surface area contributed by atoms with Crippen molar-refractivity contribution in [1.82, 2.24) is 0 Å². The molecule has 0 radical (unpaired) electrons. The van der Waals surface area contributed by atoms with E-state index in [0.29, 0.717) is 10.4 Å². The maximum absolute atomic E-state index is 12.5. The van der Waals surface area contributed by atoms with E-state index in [1.807, 2.05) is 32.0 Å². The second-order valence-corrected chi connectivity index (χ2v) is 6.11. The number of amides is 1. The van der Waals surface area contributed by atoms with Crippen LogP contribution in [0.25, 0.3) is 0 Å². The molecular weight excluding hydrogens is 300 g/mol. The Bertz CT molecular complexity index is 750. The van der Waals surface area contributed by atoms with E-state index in [-0.39, 0.29) is 16.5 Å². The zero-order valence-electron chi connectivity index (χ0n) is 12.9. The van der Waals surface area contributed by atoms with E-state index in [1.54, 1.807) is 6.92 Å². The number of esters is 1. The van der Waals surface area contributed by atoms with Crippen molar-refractivity contribution in [2.24, 2.45) is 0 Å². The summed E-state index contributed by atoms with van der Waals surface area (Å²) in [5.41, 5.74) is 9.41. The van der Waals surface area contributed by atoms with Gasteiger partial charge in [-0.2, -0.15) is 0 Å². The van der Waals surface area contributed by atoms with Crippen LogP contribution in [-0.4, -0.2) is 19.0 Å². The molecule has 0 aliphatic heterocycles. The SMILES string of the molecule is COC(=O)c1c(N)sc(C(=O)Nc2cc(C)ccc2C)c1C. The fourth-order valence-corrected chi connectivity index (χ4v) is 3.12. The predicted molar refractivity (Wildman–Crippen MR) is 88.7 cm³/mol. The van der Waals surface area contributed by atoms with E-state index in [4.69, 9.17) is 10.5 Å². The first-order valence-electron chi connectivity index (χ1n) is 6.71. The lowest BCUT2D eigenvalue weighted by molar-refractivity contribution is 0.0601. The minimum Gasteiger partial charge on any atom is -0.465 e. The first-order chi connectivity index (χ1) is 10.3. The van der Waals surface area contributed by atoms with Crippen LogP contribution in [0.1, 0.15) is 36.7 Å². The molecule has 1 aromatic heterocycles. The van der Waals surface area contributed by atoms with Gasteiger partial charge in [0, 0.05) is 5.69 Å². The molecule has 0 unspecified atom stereocenters. The maximum Gasteiger partial charge on any atom is 0.341 e. The summed E-state index contributed by atoms with van der Waals surface area (Å²) < 4.78 is 4.70. The lowest BCUT2D eigenvalue weighted by Crippen LogP contribution is -2.13. The summed E-state index contributed by atoms with van der Waals surface area (Å²) in [5, 5.41) is 3.16. The number of hydrogen-bond acceptors (Lipinski definition) is 5. The van der Waals surface area contributed by atoms with Gasteiger partial charge in [-0.25, -0.2) is 4.79 Å². The zero-order chi connectivity index (χ0) is 16.4. The van der Waals surface area contributed by atoms with Gasteiger partial charge in [-0.15, -0.1) is 11.3 Å². The Morgan fingerprint density at radius 2 is 1.91 bits per heavy atom. The minimum atomic E-state index is -0.531. The highest BCUT2D eigenvalue weighted by molar-refractivity contribution is 7.18. The van der Waals surface area contributed by atoms with E-state index in [2.05, 4.69) is 5.32 Å². The highest BCUT2D eigenvalue weighted by Gasteiger charge is 2.24. The van der Waals surface area contributed by atoms with Crippen molar-refractivity contribution in [3.63, 3.8) is 0 Å². The van der Waals surface area contributed by atoms with E-state index in [0.717, 1.165) is 28.2 Å². The lowest BCUT2D eigenvalue weighted by atomic mass is 10.1. The fourth-order valence-electron chi connectivity index (χ4n) is 2.16. The first-order valence-corrected chi connectivity index (χ1v) is 7.52. The highest BCUT2D eigenvalue weighted by atomic mass is 32.1. The van der Waals surface area contributed by atoms with Crippen molar-refractivity contribution < 1.29 is 14.3 Å². The van der Waals surface area contributed by atoms with Gasteiger partial charge in [-0.1, -0.05) is 12.1 Å². The predicted octanol–water partition coefficient (Wildman–Crippen LogP) is 3.29. The Morgan fingerprint density at radius 1 is 1.23 bits per heavy atom. The molecule has 0 spiro atoms. The van der Waals surface area contributed by atoms with Gasteiger partial charge in [0.15, 0.2) is 0 Å². The van der Waals surface area contributed by atoms with Gasteiger partial charge in [0.2, 0.25) is 0 Å². The van der Waals surface area contributed by atoms with Crippen LogP contribution in [0.4, 0.5) is 10.7 Å². The van der Waals surface area contributed by atoms with Crippen molar-refractivity contribution in [3.8, 4) is 0 Å². The molecule has 0 fully saturated rings. The summed E-state index contributed by atoms with van der Waals surface area (Å²) in [7, 11) is 1.29. The van der Waals surface area contributed by atoms with Crippen LogP contribution in [-0.2, 0) is 4.74 Å². The maximum atomic E-state index is 12.5. The van der Waals surface area contributed by atoms with E-state index >= 15 is 0 Å². The number of hydrogen-bond donors (Lipinski definition) is 2. The number of benzene rings is 1. The van der Waals surface area contributed by atoms with Crippen LogP contribution in [0.5, 0.6) is 0 Å². The number of carbonyl (C=O) groups is 2. The molecular formula is C16H18N2O3S. The molecule has 0 aliphatic carbocycles. The number of methoxy groups -OCH3 is 1. The molecule has 2 aromatic rings. The number of rotatable bonds is 3. The van der Waals surface area contributed by atoms with Crippen LogP contribution in [0, 0.1) is 20.8 Å². The summed E-state index contributed by atoms with van der Waals surface area (Å²) in [6.07, 6.45) is 0. The minimum absolute atomic E-state index is 0.263. The Labute approximate surface area is 133 Å². The van der Waals surface area contributed by atoms with Crippen LogP contribution < -0.4 is 11.1 Å². The molecule has 116 valence electrons. The second-order valence-electron chi connectivity index (χ2n) is 5.06. The summed E-state index contributed by atoms with van der Waals surface area (Å²) >= 11 is 1.09. The monoisotopic (exact) mass is 318 g/mol. The molecule has 0 bridgehead atoms. The number of nitrogen functional groups attached to an aromatic ring is 1. The zero-order valence-corrected chi connectivity index (χ0v) is 13.8. The molecule has 6 heteroatoms. The Morgan fingerprint density at radius 3 is 2.55 bits per heavy atom. The van der Waals surface area contributed by atoms with Gasteiger partial charge in [0.05, 0.1) is 17.6 Å². The molecule has 1 amide bonds. The Hall–Kier alpha value is -2.34. The van der Waals surface area contributed by atoms with Crippen LogP contribution >= 0.6 is 11.3 Å². The molecule has 1 aromatic carbocycles. The molecule has 5 nitrogen and oxygen atoms in total. The third-order valence-electron chi connectivity index (χ3n) is 3.41. The summed E-state index contributed by atoms with van der Waals surface area (Å²) in [4.78, 5) is 24.6. The normalized spacial score (nSPS) is 10.4. The van der Waals surface area contributed by atoms with Gasteiger partial charge in [-0.3, -0.25) is 4.79 Å². The quantitative estimate of drug-likeness (QED) is 0.851. The Balaban J connectivity index is 2.35. The molecule has 1 heterocycles. The average molecular weight is 318 g/mol. The molecule has 22 heavy (non-hydrogen) atoms.